The van der Waals surface area contributed by atoms with Gasteiger partial charge >= 0.3 is 19.8 Å². The lowest BCUT2D eigenvalue weighted by Gasteiger charge is -2.20. The minimum absolute atomic E-state index is 0.175. The fourth-order valence-corrected chi connectivity index (χ4v) is 6.88. The third-order valence-electron chi connectivity index (χ3n) is 9.70. The molecule has 0 radical (unpaired) electrons. The number of esters is 2. The van der Waals surface area contributed by atoms with E-state index in [1.165, 1.54) is 70.6 Å². The zero-order chi connectivity index (χ0) is 43.3. The van der Waals surface area contributed by atoms with Crippen LogP contribution in [0.25, 0.3) is 0 Å². The van der Waals surface area contributed by atoms with Crippen molar-refractivity contribution in [3.05, 3.63) is 60.8 Å². The lowest BCUT2D eigenvalue weighted by Crippen LogP contribution is -2.28. The molecule has 3 N–H and O–H groups in total. The molecule has 3 unspecified atom stereocenters. The fraction of sp³-hybridized carbons (Fsp3) is 0.750. The minimum Gasteiger partial charge on any atom is -0.457 e. The van der Waals surface area contributed by atoms with E-state index in [2.05, 4.69) is 74.6 Å². The van der Waals surface area contributed by atoms with Crippen LogP contribution in [0.1, 0.15) is 194 Å². The monoisotopic (exact) mass is 853 g/mol. The maximum atomic E-state index is 12.4. The Labute approximate surface area is 359 Å². The summed E-state index contributed by atoms with van der Waals surface area (Å²) in [4.78, 5) is 34.6. The van der Waals surface area contributed by atoms with Crippen LogP contribution in [0, 0.1) is 0 Å². The molecular weight excluding hydrogens is 767 g/mol. The molecule has 0 heterocycles. The molecule has 0 aliphatic rings. The molecule has 0 spiro atoms. The molecule has 59 heavy (non-hydrogen) atoms. The van der Waals surface area contributed by atoms with Gasteiger partial charge in [-0.3, -0.25) is 18.6 Å². The second-order valence-electron chi connectivity index (χ2n) is 15.4. The van der Waals surface area contributed by atoms with Crippen LogP contribution in [0.5, 0.6) is 0 Å². The number of ether oxygens (including phenoxy) is 2. The van der Waals surface area contributed by atoms with Crippen molar-refractivity contribution in [1.82, 2.24) is 0 Å². The van der Waals surface area contributed by atoms with Gasteiger partial charge in [0.1, 0.15) is 12.2 Å². The van der Waals surface area contributed by atoms with Gasteiger partial charge in [-0.25, -0.2) is 4.57 Å². The van der Waals surface area contributed by atoms with Crippen LogP contribution in [0.2, 0.25) is 0 Å². The summed E-state index contributed by atoms with van der Waals surface area (Å²) < 4.78 is 32.6. The van der Waals surface area contributed by atoms with E-state index in [1.54, 1.807) is 0 Å². The molecule has 0 aliphatic carbocycles. The normalized spacial score (nSPS) is 14.3. The summed E-state index contributed by atoms with van der Waals surface area (Å²) in [6.45, 7) is 2.13. The topological polar surface area (TPSA) is 149 Å². The Morgan fingerprint density at radius 2 is 0.746 bits per heavy atom. The molecule has 0 aromatic heterocycles. The van der Waals surface area contributed by atoms with Gasteiger partial charge in [-0.2, -0.15) is 0 Å². The van der Waals surface area contributed by atoms with Gasteiger partial charge in [-0.05, 0) is 83.5 Å². The summed E-state index contributed by atoms with van der Waals surface area (Å²) in [5.74, 6) is -1.04. The van der Waals surface area contributed by atoms with Gasteiger partial charge in [0.25, 0.3) is 0 Å². The Morgan fingerprint density at radius 1 is 0.458 bits per heavy atom. The highest BCUT2D eigenvalue weighted by atomic mass is 31.2. The lowest BCUT2D eigenvalue weighted by molar-refractivity contribution is -0.153. The number of phosphoric acid groups is 1. The number of carbonyl (C=O) groups excluding carboxylic acids is 2. The predicted molar refractivity (Wildman–Crippen MR) is 242 cm³/mol. The quantitative estimate of drug-likeness (QED) is 0.0234. The largest absolute Gasteiger partial charge is 0.472 e. The number of allylic oxidation sites excluding steroid dienone is 10. The summed E-state index contributed by atoms with van der Waals surface area (Å²) in [5, 5.41) is 19.2. The number of unbranched alkanes of at least 4 members (excludes halogenated alkanes) is 19. The summed E-state index contributed by atoms with van der Waals surface area (Å²) >= 11 is 0. The van der Waals surface area contributed by atoms with E-state index in [0.717, 1.165) is 83.5 Å². The Hall–Kier alpha value is -2.33. The van der Waals surface area contributed by atoms with Crippen molar-refractivity contribution in [2.45, 2.75) is 206 Å². The summed E-state index contributed by atoms with van der Waals surface area (Å²) in [5.41, 5.74) is 0. The average molecular weight is 853 g/mol. The van der Waals surface area contributed by atoms with Crippen LogP contribution >= 0.6 is 7.82 Å². The van der Waals surface area contributed by atoms with Crippen molar-refractivity contribution in [3.8, 4) is 0 Å². The Kier molecular flexibility index (Phi) is 42.0. The van der Waals surface area contributed by atoms with E-state index >= 15 is 0 Å². The molecule has 11 heteroatoms. The summed E-state index contributed by atoms with van der Waals surface area (Å²) in [6.07, 6.45) is 48.9. The van der Waals surface area contributed by atoms with Gasteiger partial charge < -0.3 is 24.6 Å². The molecule has 0 aliphatic heterocycles. The van der Waals surface area contributed by atoms with E-state index in [4.69, 9.17) is 18.5 Å². The molecule has 0 aromatic carbocycles. The zero-order valence-electron chi connectivity index (χ0n) is 37.2. The van der Waals surface area contributed by atoms with Crippen molar-refractivity contribution < 1.29 is 47.8 Å². The summed E-state index contributed by atoms with van der Waals surface area (Å²) in [6, 6.07) is 0. The van der Waals surface area contributed by atoms with E-state index < -0.39 is 58.4 Å². The maximum absolute atomic E-state index is 12.4. The minimum atomic E-state index is -4.65. The number of hydrogen-bond donors (Lipinski definition) is 3. The fourth-order valence-electron chi connectivity index (χ4n) is 6.09. The lowest BCUT2D eigenvalue weighted by atomic mass is 10.1. The number of phosphoric ester groups is 1. The van der Waals surface area contributed by atoms with Crippen LogP contribution in [0.3, 0.4) is 0 Å². The van der Waals surface area contributed by atoms with Crippen molar-refractivity contribution >= 4 is 19.8 Å². The molecular formula is C48H85O10P. The van der Waals surface area contributed by atoms with Crippen LogP contribution < -0.4 is 0 Å². The Morgan fingerprint density at radius 3 is 1.07 bits per heavy atom. The van der Waals surface area contributed by atoms with E-state index in [1.807, 2.05) is 0 Å². The first-order valence-corrected chi connectivity index (χ1v) is 24.7. The van der Waals surface area contributed by atoms with Crippen molar-refractivity contribution in [2.24, 2.45) is 0 Å². The van der Waals surface area contributed by atoms with Gasteiger partial charge in [-0.15, -0.1) is 0 Å². The first-order chi connectivity index (χ1) is 28.8. The first kappa shape index (κ1) is 56.7. The highest BCUT2D eigenvalue weighted by Crippen LogP contribution is 2.43. The molecule has 10 nitrogen and oxygen atoms in total. The van der Waals surface area contributed by atoms with Crippen LogP contribution in [-0.4, -0.2) is 65.7 Å². The van der Waals surface area contributed by atoms with Crippen LogP contribution in [-0.2, 0) is 32.7 Å². The highest BCUT2D eigenvalue weighted by Gasteiger charge is 2.27. The number of aliphatic hydroxyl groups is 2. The number of hydrogen-bond acceptors (Lipinski definition) is 9. The van der Waals surface area contributed by atoms with Crippen molar-refractivity contribution in [2.75, 3.05) is 26.4 Å². The molecule has 0 bridgehead atoms. The van der Waals surface area contributed by atoms with Crippen molar-refractivity contribution in [1.29, 1.82) is 0 Å². The molecule has 0 amide bonds. The number of carbonyl (C=O) groups is 2. The van der Waals surface area contributed by atoms with Gasteiger partial charge in [0, 0.05) is 12.8 Å². The van der Waals surface area contributed by atoms with Crippen LogP contribution in [0.4, 0.5) is 0 Å². The van der Waals surface area contributed by atoms with Gasteiger partial charge in [0.2, 0.25) is 0 Å². The van der Waals surface area contributed by atoms with Crippen LogP contribution in [0.15, 0.2) is 60.8 Å². The molecule has 0 rings (SSSR count). The smallest absolute Gasteiger partial charge is 0.457 e. The van der Waals surface area contributed by atoms with E-state index in [9.17, 15) is 29.3 Å². The maximum Gasteiger partial charge on any atom is 0.472 e. The van der Waals surface area contributed by atoms with Gasteiger partial charge in [0.15, 0.2) is 0 Å². The van der Waals surface area contributed by atoms with Crippen molar-refractivity contribution in [3.63, 3.8) is 0 Å². The molecule has 0 saturated carbocycles. The van der Waals surface area contributed by atoms with Gasteiger partial charge in [0.05, 0.1) is 26.4 Å². The summed E-state index contributed by atoms with van der Waals surface area (Å²) in [7, 11) is -4.65. The first-order valence-electron chi connectivity index (χ1n) is 23.2. The Balaban J connectivity index is 3.93. The highest BCUT2D eigenvalue weighted by molar-refractivity contribution is 7.47. The zero-order valence-corrected chi connectivity index (χ0v) is 38.1. The molecule has 0 fully saturated rings. The van der Waals surface area contributed by atoms with E-state index in [0.29, 0.717) is 12.8 Å². The predicted octanol–water partition coefficient (Wildman–Crippen LogP) is 12.7. The molecule has 3 atom stereocenters. The number of aliphatic hydroxyl groups excluding tert-OH is 2. The molecule has 0 saturated heterocycles. The van der Waals surface area contributed by atoms with Gasteiger partial charge in [-0.1, -0.05) is 158 Å². The SMILES string of the molecule is CCCCC/C=C\C/C=C\C/C=C\CCCCCCCCC(=O)OC(CO)COP(=O)(O)OCC(CO)OC(=O)CCCCCCCCC/C=C\C/C=C\CCCCC. The second-order valence-corrected chi connectivity index (χ2v) is 16.8. The van der Waals surface area contributed by atoms with E-state index in [-0.39, 0.29) is 12.8 Å². The Bertz CT molecular complexity index is 1160. The second kappa shape index (κ2) is 43.7. The average Bonchev–Trinajstić information content (AvgIpc) is 3.22. The number of rotatable bonds is 43. The standard InChI is InChI=1S/C48H85O10P/c1-3-5-7-9-11-13-15-17-19-21-22-24-26-28-30-32-34-36-38-40-48(52)58-46(42-50)44-56-59(53,54)55-43-45(41-49)57-47(51)39-37-35-33-31-29-27-25-23-20-18-16-14-12-10-8-6-4-2/h11-14,17-20,22,24,45-46,49-50H,3-10,15-16,21,23,25-44H2,1-2H3,(H,53,54)/b13-11-,14-12-,19-17-,20-18-,24-22-. The molecule has 0 aromatic rings. The molecule has 342 valence electrons. The third kappa shape index (κ3) is 42.2. The third-order valence-corrected chi connectivity index (χ3v) is 10.7.